The van der Waals surface area contributed by atoms with E-state index in [2.05, 4.69) is 34.5 Å². The number of nitrogens with one attached hydrogen (secondary N) is 2. The van der Waals surface area contributed by atoms with Crippen molar-refractivity contribution in [3.05, 3.63) is 0 Å². The number of nitrogens with zero attached hydrogens (tertiary/aromatic N) is 2. The SMILES string of the molecule is CCCCNC(=NC)NCCCN(C)C1CCCCC1. The third-order valence-electron chi connectivity index (χ3n) is 4.22. The molecule has 1 aliphatic carbocycles. The predicted octanol–water partition coefficient (Wildman–Crippen LogP) is 2.61. The van der Waals surface area contributed by atoms with Gasteiger partial charge in [0.2, 0.25) is 0 Å². The van der Waals surface area contributed by atoms with Crippen LogP contribution in [-0.4, -0.2) is 50.6 Å². The fourth-order valence-electron chi connectivity index (χ4n) is 2.84. The van der Waals surface area contributed by atoms with Crippen LogP contribution in [0.3, 0.4) is 0 Å². The lowest BCUT2D eigenvalue weighted by atomic mass is 9.94. The van der Waals surface area contributed by atoms with E-state index in [1.54, 1.807) is 0 Å². The Morgan fingerprint density at radius 3 is 2.35 bits per heavy atom. The second-order valence-corrected chi connectivity index (χ2v) is 5.91. The molecular weight excluding hydrogens is 248 g/mol. The van der Waals surface area contributed by atoms with Crippen LogP contribution in [0.15, 0.2) is 4.99 Å². The lowest BCUT2D eigenvalue weighted by Gasteiger charge is -2.31. The maximum Gasteiger partial charge on any atom is 0.190 e. The van der Waals surface area contributed by atoms with Crippen molar-refractivity contribution in [2.45, 2.75) is 64.3 Å². The zero-order valence-electron chi connectivity index (χ0n) is 13.7. The van der Waals surface area contributed by atoms with Crippen molar-refractivity contribution in [3.8, 4) is 0 Å². The number of hydrogen-bond acceptors (Lipinski definition) is 2. The Morgan fingerprint density at radius 1 is 1.10 bits per heavy atom. The van der Waals surface area contributed by atoms with Gasteiger partial charge in [-0.3, -0.25) is 4.99 Å². The standard InChI is InChI=1S/C16H34N4/c1-4-5-12-18-16(17-2)19-13-9-14-20(3)15-10-7-6-8-11-15/h15H,4-14H2,1-3H3,(H2,17,18,19). The third-order valence-corrected chi connectivity index (χ3v) is 4.22. The van der Waals surface area contributed by atoms with E-state index in [0.29, 0.717) is 0 Å². The molecule has 2 N–H and O–H groups in total. The minimum atomic E-state index is 0.825. The van der Waals surface area contributed by atoms with Gasteiger partial charge in [0.1, 0.15) is 0 Å². The Labute approximate surface area is 125 Å². The third kappa shape index (κ3) is 7.13. The Bertz CT molecular complexity index is 259. The summed E-state index contributed by atoms with van der Waals surface area (Å²) in [7, 11) is 4.12. The van der Waals surface area contributed by atoms with Crippen LogP contribution in [0.1, 0.15) is 58.3 Å². The molecule has 4 nitrogen and oxygen atoms in total. The van der Waals surface area contributed by atoms with Crippen LogP contribution in [0.25, 0.3) is 0 Å². The molecule has 1 fully saturated rings. The van der Waals surface area contributed by atoms with Crippen molar-refractivity contribution in [3.63, 3.8) is 0 Å². The van der Waals surface area contributed by atoms with E-state index < -0.39 is 0 Å². The van der Waals surface area contributed by atoms with Gasteiger partial charge < -0.3 is 15.5 Å². The Morgan fingerprint density at radius 2 is 1.75 bits per heavy atom. The second-order valence-electron chi connectivity index (χ2n) is 5.91. The summed E-state index contributed by atoms with van der Waals surface area (Å²) in [6, 6.07) is 0.825. The molecular formula is C16H34N4. The van der Waals surface area contributed by atoms with Gasteiger partial charge in [-0.1, -0.05) is 32.6 Å². The summed E-state index contributed by atoms with van der Waals surface area (Å²) in [6.45, 7) is 5.41. The highest BCUT2D eigenvalue weighted by atomic mass is 15.2. The molecule has 0 saturated heterocycles. The first-order valence-electron chi connectivity index (χ1n) is 8.42. The highest BCUT2D eigenvalue weighted by molar-refractivity contribution is 5.79. The van der Waals surface area contributed by atoms with Crippen LogP contribution in [0, 0.1) is 0 Å². The van der Waals surface area contributed by atoms with Gasteiger partial charge in [0, 0.05) is 26.2 Å². The lowest BCUT2D eigenvalue weighted by Crippen LogP contribution is -2.40. The van der Waals surface area contributed by atoms with Crippen LogP contribution < -0.4 is 10.6 Å². The fourth-order valence-corrected chi connectivity index (χ4v) is 2.84. The van der Waals surface area contributed by atoms with Crippen molar-refractivity contribution >= 4 is 5.96 Å². The Kier molecular flexibility index (Phi) is 9.46. The summed E-state index contributed by atoms with van der Waals surface area (Å²) >= 11 is 0. The highest BCUT2D eigenvalue weighted by Crippen LogP contribution is 2.21. The summed E-state index contributed by atoms with van der Waals surface area (Å²) in [6.07, 6.45) is 10.7. The largest absolute Gasteiger partial charge is 0.356 e. The van der Waals surface area contributed by atoms with Crippen LogP contribution in [0.2, 0.25) is 0 Å². The molecule has 4 heteroatoms. The minimum Gasteiger partial charge on any atom is -0.356 e. The van der Waals surface area contributed by atoms with Crippen molar-refractivity contribution in [2.24, 2.45) is 4.99 Å². The monoisotopic (exact) mass is 282 g/mol. The smallest absolute Gasteiger partial charge is 0.190 e. The normalized spacial score (nSPS) is 17.5. The maximum atomic E-state index is 4.25. The van der Waals surface area contributed by atoms with E-state index in [4.69, 9.17) is 0 Å². The van der Waals surface area contributed by atoms with Crippen molar-refractivity contribution < 1.29 is 0 Å². The minimum absolute atomic E-state index is 0.825. The van der Waals surface area contributed by atoms with Crippen LogP contribution in [0.4, 0.5) is 0 Å². The first-order valence-corrected chi connectivity index (χ1v) is 8.42. The molecule has 1 rings (SSSR count). The molecule has 0 heterocycles. The Hall–Kier alpha value is -0.770. The summed E-state index contributed by atoms with van der Waals surface area (Å²) in [5.41, 5.74) is 0. The first-order chi connectivity index (χ1) is 9.77. The van der Waals surface area contributed by atoms with Gasteiger partial charge in [-0.25, -0.2) is 0 Å². The van der Waals surface area contributed by atoms with Crippen molar-refractivity contribution in [2.75, 3.05) is 33.7 Å². The average molecular weight is 282 g/mol. The van der Waals surface area contributed by atoms with Gasteiger partial charge in [-0.2, -0.15) is 0 Å². The van der Waals surface area contributed by atoms with Gasteiger partial charge in [-0.05, 0) is 39.3 Å². The van der Waals surface area contributed by atoms with E-state index in [-0.39, 0.29) is 0 Å². The van der Waals surface area contributed by atoms with Crippen LogP contribution in [0.5, 0.6) is 0 Å². The molecule has 118 valence electrons. The molecule has 20 heavy (non-hydrogen) atoms. The van der Waals surface area contributed by atoms with Gasteiger partial charge in [0.25, 0.3) is 0 Å². The van der Waals surface area contributed by atoms with Gasteiger partial charge in [-0.15, -0.1) is 0 Å². The quantitative estimate of drug-likeness (QED) is 0.408. The molecule has 0 atom stereocenters. The van der Waals surface area contributed by atoms with Crippen LogP contribution in [-0.2, 0) is 0 Å². The molecule has 0 aliphatic heterocycles. The van der Waals surface area contributed by atoms with Crippen molar-refractivity contribution in [1.29, 1.82) is 0 Å². The fraction of sp³-hybridized carbons (Fsp3) is 0.938. The second kappa shape index (κ2) is 11.0. The number of hydrogen-bond donors (Lipinski definition) is 2. The topological polar surface area (TPSA) is 39.7 Å². The number of guanidine groups is 1. The van der Waals surface area contributed by atoms with Gasteiger partial charge >= 0.3 is 0 Å². The summed E-state index contributed by atoms with van der Waals surface area (Å²) < 4.78 is 0. The van der Waals surface area contributed by atoms with E-state index in [1.807, 2.05) is 7.05 Å². The molecule has 0 aromatic rings. The van der Waals surface area contributed by atoms with E-state index in [1.165, 1.54) is 57.9 Å². The summed E-state index contributed by atoms with van der Waals surface area (Å²) in [5.74, 6) is 0.943. The van der Waals surface area contributed by atoms with E-state index >= 15 is 0 Å². The lowest BCUT2D eigenvalue weighted by molar-refractivity contribution is 0.190. The molecule has 0 bridgehead atoms. The van der Waals surface area contributed by atoms with Gasteiger partial charge in [0.15, 0.2) is 5.96 Å². The molecule has 0 aromatic heterocycles. The van der Waals surface area contributed by atoms with Gasteiger partial charge in [0.05, 0.1) is 0 Å². The summed E-state index contributed by atoms with van der Waals surface area (Å²) in [4.78, 5) is 6.80. The molecule has 0 aromatic carbocycles. The Balaban J connectivity index is 2.07. The molecule has 0 unspecified atom stereocenters. The average Bonchev–Trinajstić information content (AvgIpc) is 2.50. The molecule has 0 radical (unpaired) electrons. The molecule has 0 spiro atoms. The summed E-state index contributed by atoms with van der Waals surface area (Å²) in [5, 5.41) is 6.75. The number of rotatable bonds is 8. The van der Waals surface area contributed by atoms with Crippen molar-refractivity contribution in [1.82, 2.24) is 15.5 Å². The number of aliphatic imine (C=N–C) groups is 1. The number of unbranched alkanes of at least 4 members (excludes halogenated alkanes) is 1. The highest BCUT2D eigenvalue weighted by Gasteiger charge is 2.17. The first kappa shape index (κ1) is 17.3. The zero-order valence-corrected chi connectivity index (χ0v) is 13.7. The zero-order chi connectivity index (χ0) is 14.6. The van der Waals surface area contributed by atoms with E-state index in [0.717, 1.165) is 25.1 Å². The van der Waals surface area contributed by atoms with E-state index in [9.17, 15) is 0 Å². The molecule has 0 amide bonds. The molecule has 1 saturated carbocycles. The molecule has 1 aliphatic rings. The maximum absolute atomic E-state index is 4.25. The predicted molar refractivity (Wildman–Crippen MR) is 88.4 cm³/mol. The van der Waals surface area contributed by atoms with Crippen LogP contribution >= 0.6 is 0 Å².